The lowest BCUT2D eigenvalue weighted by Gasteiger charge is -2.18. The monoisotopic (exact) mass is 1060 g/mol. The number of carbonyl (C=O) groups excluding carboxylic acids is 3. The lowest BCUT2D eigenvalue weighted by molar-refractivity contribution is -0.167. The van der Waals surface area contributed by atoms with E-state index < -0.39 is 6.10 Å². The number of rotatable bonds is 60. The van der Waals surface area contributed by atoms with Gasteiger partial charge in [0.05, 0.1) is 0 Å². The van der Waals surface area contributed by atoms with Crippen LogP contribution in [0.4, 0.5) is 0 Å². The van der Waals surface area contributed by atoms with Gasteiger partial charge >= 0.3 is 17.9 Å². The standard InChI is InChI=1S/C70H124O6/c1-4-7-10-13-16-19-22-25-27-29-31-33-35-37-39-41-43-45-48-51-54-57-60-63-69(72)75-66-67(65-74-68(71)62-59-56-53-50-47-24-21-18-15-12-9-6-3)76-70(73)64-61-58-55-52-49-46-44-42-40-38-36-34-32-30-28-26-23-20-17-14-11-8-5-2/h7,10,16,19,25,27,30-33,37,39,67H,4-6,8-9,11-15,17-18,20-24,26,28-29,34-36,38,40-66H2,1-3H3/b10-7-,19-16-,27-25-,32-30-,33-31-,39-37-. The zero-order valence-electron chi connectivity index (χ0n) is 50.5. The summed E-state index contributed by atoms with van der Waals surface area (Å²) < 4.78 is 16.9. The molecule has 0 spiro atoms. The van der Waals surface area contributed by atoms with Crippen molar-refractivity contribution in [3.63, 3.8) is 0 Å². The third-order valence-corrected chi connectivity index (χ3v) is 14.4. The minimum absolute atomic E-state index is 0.0758. The second-order valence-electron chi connectivity index (χ2n) is 22.0. The van der Waals surface area contributed by atoms with Crippen molar-refractivity contribution < 1.29 is 28.6 Å². The van der Waals surface area contributed by atoms with E-state index in [-0.39, 0.29) is 31.1 Å². The highest BCUT2D eigenvalue weighted by Gasteiger charge is 2.19. The predicted octanol–water partition coefficient (Wildman–Crippen LogP) is 22.5. The van der Waals surface area contributed by atoms with Gasteiger partial charge < -0.3 is 14.2 Å². The number of allylic oxidation sites excluding steroid dienone is 12. The highest BCUT2D eigenvalue weighted by molar-refractivity contribution is 5.71. The highest BCUT2D eigenvalue weighted by Crippen LogP contribution is 2.17. The Morgan fingerprint density at radius 1 is 0.276 bits per heavy atom. The molecule has 1 unspecified atom stereocenters. The molecular formula is C70H124O6. The van der Waals surface area contributed by atoms with Crippen LogP contribution < -0.4 is 0 Å². The van der Waals surface area contributed by atoms with E-state index in [0.29, 0.717) is 19.3 Å². The average Bonchev–Trinajstić information content (AvgIpc) is 3.42. The fraction of sp³-hybridized carbons (Fsp3) is 0.786. The van der Waals surface area contributed by atoms with Crippen LogP contribution in [0.25, 0.3) is 0 Å². The summed E-state index contributed by atoms with van der Waals surface area (Å²) in [4.78, 5) is 38.3. The summed E-state index contributed by atoms with van der Waals surface area (Å²) in [7, 11) is 0. The summed E-state index contributed by atoms with van der Waals surface area (Å²) in [5.74, 6) is -0.871. The van der Waals surface area contributed by atoms with Crippen molar-refractivity contribution in [2.24, 2.45) is 0 Å². The summed E-state index contributed by atoms with van der Waals surface area (Å²) >= 11 is 0. The number of carbonyl (C=O) groups is 3. The van der Waals surface area contributed by atoms with Crippen molar-refractivity contribution in [3.8, 4) is 0 Å². The Kier molecular flexibility index (Phi) is 61.7. The van der Waals surface area contributed by atoms with Crippen LogP contribution >= 0.6 is 0 Å². The van der Waals surface area contributed by atoms with Gasteiger partial charge in [0.15, 0.2) is 6.10 Å². The molecule has 0 saturated heterocycles. The number of unbranched alkanes of at least 4 members (excludes halogenated alkanes) is 37. The summed E-state index contributed by atoms with van der Waals surface area (Å²) in [5.41, 5.74) is 0. The molecule has 440 valence electrons. The fourth-order valence-corrected chi connectivity index (χ4v) is 9.53. The van der Waals surface area contributed by atoms with Crippen molar-refractivity contribution in [2.75, 3.05) is 13.2 Å². The van der Waals surface area contributed by atoms with Crippen molar-refractivity contribution >= 4 is 17.9 Å². The number of ether oxygens (including phenoxy) is 3. The van der Waals surface area contributed by atoms with Crippen LogP contribution in [0.1, 0.15) is 335 Å². The van der Waals surface area contributed by atoms with Crippen molar-refractivity contribution in [3.05, 3.63) is 72.9 Å². The molecule has 0 aliphatic heterocycles. The van der Waals surface area contributed by atoms with Crippen molar-refractivity contribution in [2.45, 2.75) is 341 Å². The molecule has 0 rings (SSSR count). The second kappa shape index (κ2) is 64.4. The Morgan fingerprint density at radius 2 is 0.513 bits per heavy atom. The van der Waals surface area contributed by atoms with Gasteiger partial charge in [-0.15, -0.1) is 0 Å². The zero-order chi connectivity index (χ0) is 55.0. The Hall–Kier alpha value is -3.15. The van der Waals surface area contributed by atoms with Gasteiger partial charge in [0.1, 0.15) is 13.2 Å². The van der Waals surface area contributed by atoms with Crippen LogP contribution in [0, 0.1) is 0 Å². The number of hydrogen-bond acceptors (Lipinski definition) is 6. The molecule has 6 heteroatoms. The SMILES string of the molecule is CC/C=C\C/C=C\C/C=C\C/C=C\C/C=C\CCCCCCCCCC(=O)OCC(COC(=O)CCCCCCCCCCCCCC)OC(=O)CCCCCCCCCCCCC/C=C\CCCCCCCCCC. The van der Waals surface area contributed by atoms with Gasteiger partial charge in [-0.2, -0.15) is 0 Å². The maximum atomic E-state index is 12.9. The number of esters is 3. The molecule has 0 saturated carbocycles. The molecule has 0 bridgehead atoms. The Labute approximate surface area is 472 Å². The van der Waals surface area contributed by atoms with E-state index in [1.807, 2.05) is 0 Å². The van der Waals surface area contributed by atoms with E-state index in [2.05, 4.69) is 93.7 Å². The smallest absolute Gasteiger partial charge is 0.306 e. The molecule has 0 aromatic rings. The molecule has 0 aliphatic rings. The molecule has 0 aromatic heterocycles. The molecule has 0 amide bonds. The van der Waals surface area contributed by atoms with Crippen molar-refractivity contribution in [1.82, 2.24) is 0 Å². The predicted molar refractivity (Wildman–Crippen MR) is 330 cm³/mol. The fourth-order valence-electron chi connectivity index (χ4n) is 9.53. The first-order valence-corrected chi connectivity index (χ1v) is 32.9. The maximum absolute atomic E-state index is 12.9. The third kappa shape index (κ3) is 61.7. The molecular weight excluding hydrogens is 937 g/mol. The first kappa shape index (κ1) is 72.8. The summed E-state index contributed by atoms with van der Waals surface area (Å²) in [6.07, 6.45) is 83.4. The van der Waals surface area contributed by atoms with Gasteiger partial charge in [0.2, 0.25) is 0 Å². The molecule has 0 radical (unpaired) electrons. The Morgan fingerprint density at radius 3 is 0.816 bits per heavy atom. The maximum Gasteiger partial charge on any atom is 0.306 e. The van der Waals surface area contributed by atoms with Gasteiger partial charge in [0.25, 0.3) is 0 Å². The lowest BCUT2D eigenvalue weighted by atomic mass is 10.0. The lowest BCUT2D eigenvalue weighted by Crippen LogP contribution is -2.30. The quantitative estimate of drug-likeness (QED) is 0.0261. The zero-order valence-corrected chi connectivity index (χ0v) is 50.5. The average molecular weight is 1060 g/mol. The topological polar surface area (TPSA) is 78.9 Å². The van der Waals surface area contributed by atoms with Crippen molar-refractivity contribution in [1.29, 1.82) is 0 Å². The molecule has 76 heavy (non-hydrogen) atoms. The Balaban J connectivity index is 4.30. The van der Waals surface area contributed by atoms with Gasteiger partial charge in [-0.3, -0.25) is 14.4 Å². The van der Waals surface area contributed by atoms with E-state index in [9.17, 15) is 14.4 Å². The molecule has 6 nitrogen and oxygen atoms in total. The largest absolute Gasteiger partial charge is 0.462 e. The molecule has 0 aromatic carbocycles. The number of hydrogen-bond donors (Lipinski definition) is 0. The second-order valence-corrected chi connectivity index (χ2v) is 22.0. The Bertz CT molecular complexity index is 1400. The van der Waals surface area contributed by atoms with E-state index >= 15 is 0 Å². The molecule has 1 atom stereocenters. The van der Waals surface area contributed by atoms with Crippen LogP contribution in [-0.4, -0.2) is 37.2 Å². The van der Waals surface area contributed by atoms with Crippen LogP contribution in [0.3, 0.4) is 0 Å². The third-order valence-electron chi connectivity index (χ3n) is 14.4. The van der Waals surface area contributed by atoms with E-state index in [1.165, 1.54) is 199 Å². The molecule has 0 fully saturated rings. The van der Waals surface area contributed by atoms with E-state index in [4.69, 9.17) is 14.2 Å². The van der Waals surface area contributed by atoms with Crippen LogP contribution in [0.2, 0.25) is 0 Å². The first-order valence-electron chi connectivity index (χ1n) is 32.9. The first-order chi connectivity index (χ1) is 37.5. The summed E-state index contributed by atoms with van der Waals surface area (Å²) in [6, 6.07) is 0. The van der Waals surface area contributed by atoms with Crippen LogP contribution in [0.15, 0.2) is 72.9 Å². The summed E-state index contributed by atoms with van der Waals surface area (Å²) in [5, 5.41) is 0. The van der Waals surface area contributed by atoms with E-state index in [0.717, 1.165) is 96.3 Å². The van der Waals surface area contributed by atoms with Gasteiger partial charge in [0, 0.05) is 19.3 Å². The van der Waals surface area contributed by atoms with Gasteiger partial charge in [-0.05, 0) is 89.9 Å². The molecule has 0 heterocycles. The normalized spacial score (nSPS) is 12.5. The van der Waals surface area contributed by atoms with Gasteiger partial charge in [-0.1, -0.05) is 299 Å². The van der Waals surface area contributed by atoms with Crippen LogP contribution in [0.5, 0.6) is 0 Å². The highest BCUT2D eigenvalue weighted by atomic mass is 16.6. The van der Waals surface area contributed by atoms with Gasteiger partial charge in [-0.25, -0.2) is 0 Å². The van der Waals surface area contributed by atoms with E-state index in [1.54, 1.807) is 0 Å². The minimum Gasteiger partial charge on any atom is -0.462 e. The van der Waals surface area contributed by atoms with Crippen LogP contribution in [-0.2, 0) is 28.6 Å². The molecule has 0 aliphatic carbocycles. The summed E-state index contributed by atoms with van der Waals surface area (Å²) in [6.45, 7) is 6.56. The minimum atomic E-state index is -0.780. The molecule has 0 N–H and O–H groups in total.